The highest BCUT2D eigenvalue weighted by molar-refractivity contribution is 7.99. The number of para-hydroxylation sites is 1. The van der Waals surface area contributed by atoms with Gasteiger partial charge in [0.2, 0.25) is 0 Å². The van der Waals surface area contributed by atoms with Crippen molar-refractivity contribution in [3.05, 3.63) is 57.1 Å². The van der Waals surface area contributed by atoms with Crippen LogP contribution >= 0.6 is 11.8 Å². The second-order valence-electron chi connectivity index (χ2n) is 6.84. The predicted molar refractivity (Wildman–Crippen MR) is 113 cm³/mol. The van der Waals surface area contributed by atoms with Crippen LogP contribution < -0.4 is 5.56 Å². The summed E-state index contributed by atoms with van der Waals surface area (Å²) in [6.07, 6.45) is 0.415. The molecule has 2 aromatic heterocycles. The number of aromatic nitrogens is 3. The summed E-state index contributed by atoms with van der Waals surface area (Å²) in [5.74, 6) is -0.182. The Morgan fingerprint density at radius 1 is 1.24 bits per heavy atom. The van der Waals surface area contributed by atoms with Gasteiger partial charge in [-0.25, -0.2) is 4.98 Å². The van der Waals surface area contributed by atoms with Gasteiger partial charge in [-0.05, 0) is 44.9 Å². The molecule has 3 aromatic rings. The van der Waals surface area contributed by atoms with E-state index in [1.165, 1.54) is 23.3 Å². The first kappa shape index (κ1) is 21.0. The molecule has 1 aromatic carbocycles. The Kier molecular flexibility index (Phi) is 6.34. The van der Waals surface area contributed by atoms with Gasteiger partial charge in [-0.1, -0.05) is 23.9 Å². The first-order valence-corrected chi connectivity index (χ1v) is 10.3. The molecule has 8 heteroatoms. The molecule has 0 radical (unpaired) electrons. The quantitative estimate of drug-likeness (QED) is 0.334. The number of aryl methyl sites for hydroxylation is 1. The molecule has 29 heavy (non-hydrogen) atoms. The van der Waals surface area contributed by atoms with Gasteiger partial charge >= 0.3 is 0 Å². The minimum Gasteiger partial charge on any atom is -0.396 e. The number of carbonyl (C=O) groups is 2. The molecule has 0 saturated carbocycles. The van der Waals surface area contributed by atoms with E-state index in [2.05, 4.69) is 9.97 Å². The van der Waals surface area contributed by atoms with Crippen LogP contribution in [-0.2, 0) is 6.54 Å². The van der Waals surface area contributed by atoms with Gasteiger partial charge in [-0.2, -0.15) is 0 Å². The summed E-state index contributed by atoms with van der Waals surface area (Å²) in [5, 5.41) is 10.1. The molecule has 0 aliphatic carbocycles. The van der Waals surface area contributed by atoms with Crippen molar-refractivity contribution in [2.75, 3.05) is 12.4 Å². The first-order valence-electron chi connectivity index (χ1n) is 9.31. The number of nitrogens with zero attached hydrogens (tertiary/aromatic N) is 2. The smallest absolute Gasteiger partial charge is 0.262 e. The third-order valence-corrected chi connectivity index (χ3v) is 5.74. The number of fused-ring (bicyclic) bond motifs is 1. The molecule has 0 spiro atoms. The molecular formula is C21H23N3O4S. The van der Waals surface area contributed by atoms with Crippen molar-refractivity contribution in [3.63, 3.8) is 0 Å². The summed E-state index contributed by atoms with van der Waals surface area (Å²) >= 11 is 1.18. The zero-order valence-electron chi connectivity index (χ0n) is 16.6. The summed E-state index contributed by atoms with van der Waals surface area (Å²) in [4.78, 5) is 45.0. The number of hydrogen-bond acceptors (Lipinski definition) is 6. The normalized spacial score (nSPS) is 11.2. The Morgan fingerprint density at radius 2 is 1.97 bits per heavy atom. The second kappa shape index (κ2) is 8.75. The Balaban J connectivity index is 1.92. The molecule has 3 rings (SSSR count). The van der Waals surface area contributed by atoms with Crippen LogP contribution in [0.3, 0.4) is 0 Å². The fraction of sp³-hybridized carbons (Fsp3) is 0.333. The average molecular weight is 413 g/mol. The van der Waals surface area contributed by atoms with Crippen molar-refractivity contribution in [3.8, 4) is 0 Å². The number of benzene rings is 1. The lowest BCUT2D eigenvalue weighted by Gasteiger charge is -2.12. The van der Waals surface area contributed by atoms with E-state index in [9.17, 15) is 14.4 Å². The van der Waals surface area contributed by atoms with Gasteiger partial charge in [-0.15, -0.1) is 0 Å². The molecule has 0 saturated heterocycles. The zero-order valence-corrected chi connectivity index (χ0v) is 17.4. The van der Waals surface area contributed by atoms with Crippen LogP contribution in [0.5, 0.6) is 0 Å². The summed E-state index contributed by atoms with van der Waals surface area (Å²) in [7, 11) is 0. The van der Waals surface area contributed by atoms with Gasteiger partial charge in [0.05, 0.1) is 22.3 Å². The fourth-order valence-electron chi connectivity index (χ4n) is 3.44. The monoisotopic (exact) mass is 413 g/mol. The number of rotatable bonds is 8. The molecule has 152 valence electrons. The number of Topliss-reactive ketones (excluding diaryl/α,β-unsaturated/α-hetero) is 2. The highest BCUT2D eigenvalue weighted by atomic mass is 32.2. The van der Waals surface area contributed by atoms with E-state index < -0.39 is 0 Å². The second-order valence-corrected chi connectivity index (χ2v) is 7.78. The van der Waals surface area contributed by atoms with Gasteiger partial charge in [0.15, 0.2) is 16.7 Å². The highest BCUT2D eigenvalue weighted by Crippen LogP contribution is 2.23. The summed E-state index contributed by atoms with van der Waals surface area (Å²) in [6.45, 7) is 5.27. The number of nitrogens with one attached hydrogen (secondary N) is 1. The standard InChI is InChI=1S/C21H23N3O4S/c1-12-18(14(3)26)13(2)22-19(12)17(27)11-29-21-23-16-8-5-4-7-15(16)20(28)24(21)9-6-10-25/h4-5,7-8,22,25H,6,9-11H2,1-3H3. The molecule has 2 heterocycles. The minimum atomic E-state index is -0.190. The van der Waals surface area contributed by atoms with Crippen LogP contribution in [0.15, 0.2) is 34.2 Å². The lowest BCUT2D eigenvalue weighted by Crippen LogP contribution is -2.24. The zero-order chi connectivity index (χ0) is 21.1. The SMILES string of the molecule is CC(=O)c1c(C)[nH]c(C(=O)CSc2nc3ccccc3c(=O)n2CCCO)c1C. The molecule has 0 atom stereocenters. The number of aliphatic hydroxyl groups excluding tert-OH is 1. The largest absolute Gasteiger partial charge is 0.396 e. The minimum absolute atomic E-state index is 0.0446. The van der Waals surface area contributed by atoms with E-state index >= 15 is 0 Å². The van der Waals surface area contributed by atoms with Crippen molar-refractivity contribution >= 4 is 34.2 Å². The first-order chi connectivity index (χ1) is 13.8. The van der Waals surface area contributed by atoms with Crippen LogP contribution in [0.4, 0.5) is 0 Å². The van der Waals surface area contributed by atoms with Gasteiger partial charge in [0.1, 0.15) is 0 Å². The molecule has 7 nitrogen and oxygen atoms in total. The average Bonchev–Trinajstić information content (AvgIpc) is 3.00. The highest BCUT2D eigenvalue weighted by Gasteiger charge is 2.21. The van der Waals surface area contributed by atoms with Crippen LogP contribution in [0.25, 0.3) is 10.9 Å². The van der Waals surface area contributed by atoms with Crippen molar-refractivity contribution in [1.29, 1.82) is 0 Å². The fourth-order valence-corrected chi connectivity index (χ4v) is 4.34. The van der Waals surface area contributed by atoms with Gasteiger partial charge in [0, 0.05) is 24.4 Å². The number of aliphatic hydroxyl groups is 1. The number of ketones is 2. The van der Waals surface area contributed by atoms with Crippen molar-refractivity contribution in [1.82, 2.24) is 14.5 Å². The Bertz CT molecular complexity index is 1150. The van der Waals surface area contributed by atoms with Crippen LogP contribution in [-0.4, -0.2) is 43.6 Å². The molecular weight excluding hydrogens is 390 g/mol. The lowest BCUT2D eigenvalue weighted by atomic mass is 10.1. The van der Waals surface area contributed by atoms with Crippen LogP contribution in [0, 0.1) is 13.8 Å². The molecule has 0 unspecified atom stereocenters. The van der Waals surface area contributed by atoms with Crippen molar-refractivity contribution in [2.24, 2.45) is 0 Å². The van der Waals surface area contributed by atoms with Gasteiger partial charge < -0.3 is 10.1 Å². The summed E-state index contributed by atoms with van der Waals surface area (Å²) < 4.78 is 1.50. The lowest BCUT2D eigenvalue weighted by molar-refractivity contribution is 0.101. The number of carbonyl (C=O) groups excluding carboxylic acids is 2. The van der Waals surface area contributed by atoms with Crippen LogP contribution in [0.1, 0.15) is 45.4 Å². The number of H-pyrrole nitrogens is 1. The third kappa shape index (κ3) is 4.18. The molecule has 0 bridgehead atoms. The van der Waals surface area contributed by atoms with E-state index in [-0.39, 0.29) is 29.5 Å². The summed E-state index contributed by atoms with van der Waals surface area (Å²) in [6, 6.07) is 7.06. The number of aromatic amines is 1. The van der Waals surface area contributed by atoms with Crippen molar-refractivity contribution < 1.29 is 14.7 Å². The van der Waals surface area contributed by atoms with Crippen LogP contribution in [0.2, 0.25) is 0 Å². The number of hydrogen-bond donors (Lipinski definition) is 2. The van der Waals surface area contributed by atoms with E-state index in [1.54, 1.807) is 38.1 Å². The third-order valence-electron chi connectivity index (χ3n) is 4.77. The van der Waals surface area contributed by atoms with Gasteiger partial charge in [-0.3, -0.25) is 19.0 Å². The van der Waals surface area contributed by atoms with Crippen molar-refractivity contribution in [2.45, 2.75) is 38.9 Å². The Labute approximate surface area is 172 Å². The maximum atomic E-state index is 12.8. The molecule has 0 fully saturated rings. The molecule has 0 amide bonds. The van der Waals surface area contributed by atoms with E-state index in [0.29, 0.717) is 51.5 Å². The van der Waals surface area contributed by atoms with E-state index in [4.69, 9.17) is 5.11 Å². The maximum Gasteiger partial charge on any atom is 0.262 e. The topological polar surface area (TPSA) is 105 Å². The van der Waals surface area contributed by atoms with Gasteiger partial charge in [0.25, 0.3) is 5.56 Å². The molecule has 2 N–H and O–H groups in total. The van der Waals surface area contributed by atoms with E-state index in [0.717, 1.165) is 0 Å². The Morgan fingerprint density at radius 3 is 2.62 bits per heavy atom. The maximum absolute atomic E-state index is 12.8. The summed E-state index contributed by atoms with van der Waals surface area (Å²) in [5.41, 5.74) is 2.65. The van der Waals surface area contributed by atoms with E-state index in [1.807, 2.05) is 0 Å². The molecule has 0 aliphatic rings. The molecule has 0 aliphatic heterocycles. The Hall–Kier alpha value is -2.71. The predicted octanol–water partition coefficient (Wildman–Crippen LogP) is 2.90. The number of thioether (sulfide) groups is 1.